The van der Waals surface area contributed by atoms with E-state index in [1.54, 1.807) is 0 Å². The molecule has 7 heteroatoms. The molecule has 20 heavy (non-hydrogen) atoms. The summed E-state index contributed by atoms with van der Waals surface area (Å²) in [6.45, 7) is 8.65. The molecule has 1 aliphatic heterocycles. The number of guanidine groups is 1. The van der Waals surface area contributed by atoms with Crippen LogP contribution in [0.5, 0.6) is 0 Å². The van der Waals surface area contributed by atoms with E-state index in [0.29, 0.717) is 25.0 Å². The van der Waals surface area contributed by atoms with Crippen LogP contribution in [0.3, 0.4) is 0 Å². The van der Waals surface area contributed by atoms with Gasteiger partial charge < -0.3 is 15.5 Å². The van der Waals surface area contributed by atoms with Crippen molar-refractivity contribution in [2.45, 2.75) is 39.3 Å². The molecule has 0 aromatic heterocycles. The minimum absolute atomic E-state index is 0.0133. The summed E-state index contributed by atoms with van der Waals surface area (Å²) < 4.78 is 22.9. The average Bonchev–Trinajstić information content (AvgIpc) is 2.68. The lowest BCUT2D eigenvalue weighted by Crippen LogP contribution is -2.44. The van der Waals surface area contributed by atoms with Gasteiger partial charge in [0, 0.05) is 25.2 Å². The lowest BCUT2D eigenvalue weighted by atomic mass is 10.3. The Bertz CT molecular complexity index is 420. The van der Waals surface area contributed by atoms with Crippen LogP contribution >= 0.6 is 0 Å². The molecule has 0 radical (unpaired) electrons. The van der Waals surface area contributed by atoms with E-state index in [0.717, 1.165) is 13.1 Å². The van der Waals surface area contributed by atoms with Crippen LogP contribution in [0.2, 0.25) is 0 Å². The SMILES string of the molecule is CCNC(=NCCN(C)C(C)C)NC1CCS(=O)(=O)C1. The van der Waals surface area contributed by atoms with E-state index < -0.39 is 9.84 Å². The third-order valence-electron chi connectivity index (χ3n) is 3.52. The van der Waals surface area contributed by atoms with E-state index in [1.807, 2.05) is 6.92 Å². The Labute approximate surface area is 122 Å². The van der Waals surface area contributed by atoms with Gasteiger partial charge in [0.15, 0.2) is 15.8 Å². The van der Waals surface area contributed by atoms with E-state index in [-0.39, 0.29) is 17.5 Å². The predicted molar refractivity (Wildman–Crippen MR) is 83.9 cm³/mol. The molecule has 2 N–H and O–H groups in total. The van der Waals surface area contributed by atoms with E-state index in [1.165, 1.54) is 0 Å². The monoisotopic (exact) mass is 304 g/mol. The van der Waals surface area contributed by atoms with Crippen molar-refractivity contribution in [3.8, 4) is 0 Å². The van der Waals surface area contributed by atoms with Gasteiger partial charge in [0.1, 0.15) is 0 Å². The summed E-state index contributed by atoms with van der Waals surface area (Å²) in [6.07, 6.45) is 0.665. The van der Waals surface area contributed by atoms with Crippen molar-refractivity contribution in [1.29, 1.82) is 0 Å². The Balaban J connectivity index is 2.47. The number of nitrogens with one attached hydrogen (secondary N) is 2. The van der Waals surface area contributed by atoms with Gasteiger partial charge in [-0.25, -0.2) is 8.42 Å². The molecule has 0 amide bonds. The first-order valence-electron chi connectivity index (χ1n) is 7.29. The maximum Gasteiger partial charge on any atom is 0.191 e. The zero-order valence-corrected chi connectivity index (χ0v) is 13.8. The number of aliphatic imine (C=N–C) groups is 1. The smallest absolute Gasteiger partial charge is 0.191 e. The molecule has 1 unspecified atom stereocenters. The maximum atomic E-state index is 11.5. The molecular weight excluding hydrogens is 276 g/mol. The molecule has 1 fully saturated rings. The van der Waals surface area contributed by atoms with Crippen LogP contribution in [-0.4, -0.2) is 69.5 Å². The molecule has 0 saturated carbocycles. The molecule has 1 saturated heterocycles. The van der Waals surface area contributed by atoms with Crippen LogP contribution in [0.1, 0.15) is 27.2 Å². The van der Waals surface area contributed by atoms with E-state index in [2.05, 4.69) is 41.4 Å². The highest BCUT2D eigenvalue weighted by Gasteiger charge is 2.28. The first-order chi connectivity index (χ1) is 9.34. The van der Waals surface area contributed by atoms with E-state index in [4.69, 9.17) is 0 Å². The van der Waals surface area contributed by atoms with Crippen LogP contribution in [0.15, 0.2) is 4.99 Å². The van der Waals surface area contributed by atoms with Gasteiger partial charge in [-0.2, -0.15) is 0 Å². The van der Waals surface area contributed by atoms with Crippen LogP contribution < -0.4 is 10.6 Å². The molecule has 1 aliphatic rings. The van der Waals surface area contributed by atoms with Crippen LogP contribution in [0, 0.1) is 0 Å². The second-order valence-corrected chi connectivity index (χ2v) is 7.81. The van der Waals surface area contributed by atoms with Gasteiger partial charge in [-0.3, -0.25) is 4.99 Å². The number of sulfone groups is 1. The summed E-state index contributed by atoms with van der Waals surface area (Å²) in [5.41, 5.74) is 0. The van der Waals surface area contributed by atoms with Crippen molar-refractivity contribution < 1.29 is 8.42 Å². The normalized spacial score (nSPS) is 22.5. The van der Waals surface area contributed by atoms with Gasteiger partial charge in [-0.15, -0.1) is 0 Å². The molecule has 0 aromatic rings. The van der Waals surface area contributed by atoms with Crippen molar-refractivity contribution in [1.82, 2.24) is 15.5 Å². The second kappa shape index (κ2) is 7.83. The van der Waals surface area contributed by atoms with Crippen molar-refractivity contribution in [3.63, 3.8) is 0 Å². The van der Waals surface area contributed by atoms with Gasteiger partial charge in [0.2, 0.25) is 0 Å². The third kappa shape index (κ3) is 6.09. The Morgan fingerprint density at radius 3 is 2.65 bits per heavy atom. The summed E-state index contributed by atoms with van der Waals surface area (Å²) in [5, 5.41) is 6.38. The Morgan fingerprint density at radius 2 is 2.15 bits per heavy atom. The van der Waals surface area contributed by atoms with Crippen molar-refractivity contribution in [2.24, 2.45) is 4.99 Å². The molecule has 0 bridgehead atoms. The lowest BCUT2D eigenvalue weighted by molar-refractivity contribution is 0.282. The highest BCUT2D eigenvalue weighted by molar-refractivity contribution is 7.91. The highest BCUT2D eigenvalue weighted by Crippen LogP contribution is 2.10. The molecular formula is C13H28N4O2S. The quantitative estimate of drug-likeness (QED) is 0.536. The minimum Gasteiger partial charge on any atom is -0.357 e. The topological polar surface area (TPSA) is 73.8 Å². The number of rotatable bonds is 6. The first-order valence-corrected chi connectivity index (χ1v) is 9.11. The zero-order valence-electron chi connectivity index (χ0n) is 13.0. The van der Waals surface area contributed by atoms with E-state index >= 15 is 0 Å². The predicted octanol–water partition coefficient (Wildman–Crippen LogP) is 0.0688. The second-order valence-electron chi connectivity index (χ2n) is 5.58. The molecule has 118 valence electrons. The lowest BCUT2D eigenvalue weighted by Gasteiger charge is -2.20. The molecule has 1 heterocycles. The van der Waals surface area contributed by atoms with Crippen LogP contribution in [0.4, 0.5) is 0 Å². The van der Waals surface area contributed by atoms with Gasteiger partial charge >= 0.3 is 0 Å². The van der Waals surface area contributed by atoms with Gasteiger partial charge in [0.05, 0.1) is 18.1 Å². The van der Waals surface area contributed by atoms with Gasteiger partial charge in [0.25, 0.3) is 0 Å². The Morgan fingerprint density at radius 1 is 1.45 bits per heavy atom. The number of nitrogens with zero attached hydrogens (tertiary/aromatic N) is 2. The van der Waals surface area contributed by atoms with Crippen LogP contribution in [0.25, 0.3) is 0 Å². The van der Waals surface area contributed by atoms with Gasteiger partial charge in [-0.1, -0.05) is 0 Å². The number of likely N-dealkylation sites (N-methyl/N-ethyl adjacent to an activating group) is 1. The molecule has 1 rings (SSSR count). The van der Waals surface area contributed by atoms with Crippen molar-refractivity contribution in [3.05, 3.63) is 0 Å². The Kier molecular flexibility index (Phi) is 6.75. The number of hydrogen-bond donors (Lipinski definition) is 2. The Hall–Kier alpha value is -0.820. The highest BCUT2D eigenvalue weighted by atomic mass is 32.2. The molecule has 1 atom stereocenters. The molecule has 6 nitrogen and oxygen atoms in total. The molecule has 0 aliphatic carbocycles. The fraction of sp³-hybridized carbons (Fsp3) is 0.923. The summed E-state index contributed by atoms with van der Waals surface area (Å²) in [4.78, 5) is 6.73. The summed E-state index contributed by atoms with van der Waals surface area (Å²) in [5.74, 6) is 1.20. The fourth-order valence-corrected chi connectivity index (χ4v) is 3.67. The first kappa shape index (κ1) is 17.2. The zero-order chi connectivity index (χ0) is 15.2. The van der Waals surface area contributed by atoms with Gasteiger partial charge in [-0.05, 0) is 34.2 Å². The van der Waals surface area contributed by atoms with Crippen molar-refractivity contribution in [2.75, 3.05) is 38.2 Å². The van der Waals surface area contributed by atoms with E-state index in [9.17, 15) is 8.42 Å². The largest absolute Gasteiger partial charge is 0.357 e. The standard InChI is InChI=1S/C13H28N4O2S/c1-5-14-13(15-7-8-17(4)11(2)3)16-12-6-9-20(18,19)10-12/h11-12H,5-10H2,1-4H3,(H2,14,15,16). The van der Waals surface area contributed by atoms with Crippen molar-refractivity contribution >= 4 is 15.8 Å². The molecule has 0 spiro atoms. The summed E-state index contributed by atoms with van der Waals surface area (Å²) in [6, 6.07) is 0.487. The van der Waals surface area contributed by atoms with Crippen LogP contribution in [-0.2, 0) is 9.84 Å². The third-order valence-corrected chi connectivity index (χ3v) is 5.29. The number of hydrogen-bond acceptors (Lipinski definition) is 4. The summed E-state index contributed by atoms with van der Waals surface area (Å²) in [7, 11) is -0.781. The fourth-order valence-electron chi connectivity index (χ4n) is 2.00. The minimum atomic E-state index is -2.85. The average molecular weight is 304 g/mol. The maximum absolute atomic E-state index is 11.5. The summed E-state index contributed by atoms with van der Waals surface area (Å²) >= 11 is 0. The molecule has 0 aromatic carbocycles.